The van der Waals surface area contributed by atoms with E-state index in [2.05, 4.69) is 66.2 Å². The fourth-order valence-electron chi connectivity index (χ4n) is 7.00. The molecule has 4 heterocycles. The van der Waals surface area contributed by atoms with E-state index >= 15 is 0 Å². The van der Waals surface area contributed by atoms with Crippen LogP contribution in [0.1, 0.15) is 82.2 Å². The zero-order valence-electron chi connectivity index (χ0n) is 26.5. The van der Waals surface area contributed by atoms with E-state index in [1.54, 1.807) is 11.8 Å². The first-order valence-electron chi connectivity index (χ1n) is 16.4. The van der Waals surface area contributed by atoms with Crippen LogP contribution in [0.4, 0.5) is 16.2 Å². The Kier molecular flexibility index (Phi) is 9.13. The third kappa shape index (κ3) is 6.72. The van der Waals surface area contributed by atoms with Crippen LogP contribution < -0.4 is 10.2 Å². The highest BCUT2D eigenvalue weighted by atomic mass is 32.2. The number of piperidine rings is 2. The summed E-state index contributed by atoms with van der Waals surface area (Å²) < 4.78 is 0. The minimum absolute atomic E-state index is 0.0449. The van der Waals surface area contributed by atoms with E-state index in [1.807, 2.05) is 28.0 Å². The molecule has 4 aliphatic heterocycles. The molecule has 4 amide bonds. The van der Waals surface area contributed by atoms with Crippen LogP contribution in [0.2, 0.25) is 0 Å². The number of thioether (sulfide) groups is 1. The normalized spacial score (nSPS) is 23.2. The van der Waals surface area contributed by atoms with Crippen molar-refractivity contribution in [2.24, 2.45) is 5.41 Å². The lowest BCUT2D eigenvalue weighted by Gasteiger charge is -2.40. The molecule has 2 unspecified atom stereocenters. The molecule has 3 fully saturated rings. The molecule has 9 heteroatoms. The molecule has 0 aliphatic carbocycles. The second kappa shape index (κ2) is 13.0. The van der Waals surface area contributed by atoms with Gasteiger partial charge in [-0.15, -0.1) is 11.8 Å². The van der Waals surface area contributed by atoms with Crippen molar-refractivity contribution in [1.82, 2.24) is 14.7 Å². The highest BCUT2D eigenvalue weighted by Gasteiger charge is 2.44. The number of hydrogen-bond donors (Lipinski definition) is 1. The Morgan fingerprint density at radius 1 is 0.932 bits per heavy atom. The van der Waals surface area contributed by atoms with Crippen LogP contribution >= 0.6 is 11.8 Å². The van der Waals surface area contributed by atoms with Crippen molar-refractivity contribution >= 4 is 41.0 Å². The van der Waals surface area contributed by atoms with Gasteiger partial charge in [0.25, 0.3) is 0 Å². The molecule has 2 aromatic rings. The van der Waals surface area contributed by atoms with Gasteiger partial charge < -0.3 is 24.9 Å². The number of anilines is 2. The summed E-state index contributed by atoms with van der Waals surface area (Å²) in [4.78, 5) is 48.8. The number of likely N-dealkylation sites (tertiary alicyclic amines) is 1. The quantitative estimate of drug-likeness (QED) is 0.385. The van der Waals surface area contributed by atoms with Gasteiger partial charge in [0.2, 0.25) is 11.8 Å². The van der Waals surface area contributed by atoms with Crippen LogP contribution in [0.5, 0.6) is 0 Å². The highest BCUT2D eigenvalue weighted by molar-refractivity contribution is 8.01. The van der Waals surface area contributed by atoms with E-state index in [0.29, 0.717) is 26.2 Å². The smallest absolute Gasteiger partial charge is 0.322 e. The van der Waals surface area contributed by atoms with Crippen LogP contribution in [0.15, 0.2) is 48.5 Å². The number of rotatable bonds is 7. The fourth-order valence-corrected chi connectivity index (χ4v) is 8.50. The zero-order chi connectivity index (χ0) is 30.8. The molecule has 0 bridgehead atoms. The van der Waals surface area contributed by atoms with E-state index in [9.17, 15) is 14.4 Å². The summed E-state index contributed by atoms with van der Waals surface area (Å²) in [6, 6.07) is 16.5. The lowest BCUT2D eigenvalue weighted by atomic mass is 9.92. The van der Waals surface area contributed by atoms with Gasteiger partial charge in [-0.2, -0.15) is 0 Å². The maximum Gasteiger partial charge on any atom is 0.322 e. The maximum atomic E-state index is 14.0. The maximum absolute atomic E-state index is 14.0. The van der Waals surface area contributed by atoms with Gasteiger partial charge in [0, 0.05) is 68.7 Å². The Labute approximate surface area is 266 Å². The number of para-hydroxylation sites is 2. The number of carbonyl (C=O) groups is 3. The average Bonchev–Trinajstić information content (AvgIpc) is 3.34. The molecule has 4 aliphatic rings. The molecule has 236 valence electrons. The van der Waals surface area contributed by atoms with Crippen molar-refractivity contribution < 1.29 is 14.4 Å². The fraction of sp³-hybridized carbons (Fsp3) is 0.571. The Hall–Kier alpha value is -3.20. The summed E-state index contributed by atoms with van der Waals surface area (Å²) in [7, 11) is 0. The van der Waals surface area contributed by atoms with Crippen molar-refractivity contribution in [1.29, 1.82) is 0 Å². The van der Waals surface area contributed by atoms with E-state index in [4.69, 9.17) is 0 Å². The Morgan fingerprint density at radius 2 is 1.64 bits per heavy atom. The van der Waals surface area contributed by atoms with Gasteiger partial charge in [0.15, 0.2) is 0 Å². The van der Waals surface area contributed by atoms with Gasteiger partial charge in [-0.1, -0.05) is 57.2 Å². The van der Waals surface area contributed by atoms with Gasteiger partial charge in [-0.25, -0.2) is 4.79 Å². The summed E-state index contributed by atoms with van der Waals surface area (Å²) in [6.45, 7) is 11.2. The molecule has 2 atom stereocenters. The van der Waals surface area contributed by atoms with Crippen LogP contribution in [0.3, 0.4) is 0 Å². The van der Waals surface area contributed by atoms with Crippen LogP contribution in [0.25, 0.3) is 0 Å². The summed E-state index contributed by atoms with van der Waals surface area (Å²) in [6.07, 6.45) is 6.29. The topological polar surface area (TPSA) is 76.2 Å². The molecule has 2 aromatic carbocycles. The molecule has 1 N–H and O–H groups in total. The van der Waals surface area contributed by atoms with Crippen molar-refractivity contribution in [3.8, 4) is 0 Å². The number of carbonyl (C=O) groups excluding carboxylic acids is 3. The van der Waals surface area contributed by atoms with Crippen LogP contribution in [0, 0.1) is 5.41 Å². The number of amides is 4. The summed E-state index contributed by atoms with van der Waals surface area (Å²) in [5, 5.41) is 2.54. The largest absolute Gasteiger partial charge is 0.371 e. The molecule has 8 nitrogen and oxygen atoms in total. The number of nitrogens with zero attached hydrogens (tertiary/aromatic N) is 4. The first-order chi connectivity index (χ1) is 21.2. The minimum atomic E-state index is -0.385. The molecule has 0 radical (unpaired) electrons. The molecule has 0 spiro atoms. The van der Waals surface area contributed by atoms with Crippen molar-refractivity contribution in [2.45, 2.75) is 88.9 Å². The number of urea groups is 1. The first-order valence-corrected chi connectivity index (χ1v) is 17.4. The molecule has 0 aromatic heterocycles. The zero-order valence-corrected chi connectivity index (χ0v) is 27.3. The third-order valence-corrected chi connectivity index (χ3v) is 11.1. The van der Waals surface area contributed by atoms with Gasteiger partial charge in [-0.05, 0) is 61.6 Å². The molecular formula is C35H47N5O3S. The van der Waals surface area contributed by atoms with E-state index in [0.717, 1.165) is 43.6 Å². The van der Waals surface area contributed by atoms with Crippen molar-refractivity contribution in [2.75, 3.05) is 42.9 Å². The number of benzene rings is 2. The predicted molar refractivity (Wildman–Crippen MR) is 178 cm³/mol. The van der Waals surface area contributed by atoms with Crippen LogP contribution in [-0.4, -0.2) is 76.6 Å². The predicted octanol–water partition coefficient (Wildman–Crippen LogP) is 6.48. The van der Waals surface area contributed by atoms with E-state index in [1.165, 1.54) is 30.5 Å². The molecule has 3 saturated heterocycles. The Morgan fingerprint density at radius 3 is 2.39 bits per heavy atom. The number of fused-ring (bicyclic) bond motifs is 1. The second-order valence-electron chi connectivity index (χ2n) is 14.0. The third-order valence-electron chi connectivity index (χ3n) is 9.62. The minimum Gasteiger partial charge on any atom is -0.371 e. The van der Waals surface area contributed by atoms with Gasteiger partial charge in [0.05, 0.1) is 5.25 Å². The first kappa shape index (κ1) is 30.8. The average molecular weight is 618 g/mol. The number of nitrogens with one attached hydrogen (secondary N) is 1. The number of hydrogen-bond acceptors (Lipinski definition) is 5. The van der Waals surface area contributed by atoms with E-state index < -0.39 is 0 Å². The van der Waals surface area contributed by atoms with Crippen molar-refractivity contribution in [3.05, 3.63) is 59.7 Å². The summed E-state index contributed by atoms with van der Waals surface area (Å²) in [5.74, 6) is 0.132. The summed E-state index contributed by atoms with van der Waals surface area (Å²) in [5.41, 5.74) is 4.53. The van der Waals surface area contributed by atoms with E-state index in [-0.39, 0.29) is 46.3 Å². The summed E-state index contributed by atoms with van der Waals surface area (Å²) >= 11 is 1.66. The Bertz CT molecular complexity index is 1360. The highest BCUT2D eigenvalue weighted by Crippen LogP contribution is 2.48. The molecule has 0 saturated carbocycles. The van der Waals surface area contributed by atoms with Crippen molar-refractivity contribution in [3.63, 3.8) is 0 Å². The lowest BCUT2D eigenvalue weighted by molar-refractivity contribution is -0.137. The van der Waals surface area contributed by atoms with Gasteiger partial charge in [0.1, 0.15) is 5.37 Å². The monoisotopic (exact) mass is 617 g/mol. The molecule has 6 rings (SSSR count). The second-order valence-corrected chi connectivity index (χ2v) is 15.2. The molecular weight excluding hydrogens is 570 g/mol. The van der Waals surface area contributed by atoms with Crippen LogP contribution in [-0.2, 0) is 16.1 Å². The Balaban J connectivity index is 1.12. The lowest BCUT2D eigenvalue weighted by Crippen LogP contribution is -2.51. The van der Waals surface area contributed by atoms with Gasteiger partial charge in [-0.3, -0.25) is 9.59 Å². The molecule has 44 heavy (non-hydrogen) atoms. The SMILES string of the molecule is CC(C)(C)CCN1C(=O)C(CC(=O)N2CCC(N3Cc4ccccc4NC3=O)CC2)SC1c1ccccc1N1CCCCC1. The van der Waals surface area contributed by atoms with Gasteiger partial charge >= 0.3 is 6.03 Å². The standard InChI is InChI=1S/C35H47N5O3S/c1-35(2,3)17-22-39-32(42)30(44-33(39)27-12-6-8-14-29(27)37-18-9-4-10-19-37)23-31(41)38-20-15-26(16-21-38)40-24-25-11-5-7-13-28(25)36-34(40)43/h5-8,11-14,26,30,33H,4,9-10,15-24H2,1-3H3,(H,36,43).